The van der Waals surface area contributed by atoms with Gasteiger partial charge in [0.1, 0.15) is 0 Å². The minimum atomic E-state index is -0.363. The Morgan fingerprint density at radius 1 is 0.611 bits per heavy atom. The fourth-order valence-electron chi connectivity index (χ4n) is 6.73. The number of hydrogen-bond acceptors (Lipinski definition) is 4. The SMILES string of the molecule is CCOC(=O)CCC12Cc3ccccc3C(CCC(=O)OCC)(Cc3ccccc31)c1ccccc12. The first-order valence-electron chi connectivity index (χ1n) is 13.1. The van der Waals surface area contributed by atoms with Gasteiger partial charge in [0.15, 0.2) is 0 Å². The summed E-state index contributed by atoms with van der Waals surface area (Å²) in [6, 6.07) is 26.1. The lowest BCUT2D eigenvalue weighted by molar-refractivity contribution is -0.144. The van der Waals surface area contributed by atoms with Gasteiger partial charge >= 0.3 is 11.9 Å². The third-order valence-corrected chi connectivity index (χ3v) is 8.13. The molecule has 0 radical (unpaired) electrons. The van der Waals surface area contributed by atoms with Crippen LogP contribution in [0.3, 0.4) is 0 Å². The van der Waals surface area contributed by atoms with E-state index in [4.69, 9.17) is 9.47 Å². The van der Waals surface area contributed by atoms with Crippen LogP contribution in [-0.2, 0) is 42.7 Å². The summed E-state index contributed by atoms with van der Waals surface area (Å²) in [5.41, 5.74) is 6.95. The van der Waals surface area contributed by atoms with E-state index >= 15 is 0 Å². The lowest BCUT2D eigenvalue weighted by Crippen LogP contribution is -2.34. The molecule has 0 saturated heterocycles. The predicted molar refractivity (Wildman–Crippen MR) is 140 cm³/mol. The molecule has 186 valence electrons. The number of benzene rings is 3. The molecule has 0 spiro atoms. The molecule has 3 aromatic carbocycles. The Balaban J connectivity index is 1.77. The summed E-state index contributed by atoms with van der Waals surface area (Å²) in [6.07, 6.45) is 3.66. The molecule has 0 N–H and O–H groups in total. The molecule has 0 aromatic heterocycles. The van der Waals surface area contributed by atoms with Gasteiger partial charge in [-0.25, -0.2) is 0 Å². The van der Waals surface area contributed by atoms with E-state index in [1.165, 1.54) is 33.4 Å². The van der Waals surface area contributed by atoms with Crippen molar-refractivity contribution < 1.29 is 19.1 Å². The van der Waals surface area contributed by atoms with E-state index in [1.54, 1.807) is 0 Å². The minimum Gasteiger partial charge on any atom is -0.466 e. The van der Waals surface area contributed by atoms with E-state index in [2.05, 4.69) is 72.8 Å². The van der Waals surface area contributed by atoms with Gasteiger partial charge in [0.05, 0.1) is 13.2 Å². The van der Waals surface area contributed by atoms with Crippen LogP contribution < -0.4 is 0 Å². The van der Waals surface area contributed by atoms with Crippen LogP contribution >= 0.6 is 0 Å². The van der Waals surface area contributed by atoms with E-state index in [0.29, 0.717) is 38.9 Å². The topological polar surface area (TPSA) is 52.6 Å². The van der Waals surface area contributed by atoms with Crippen molar-refractivity contribution >= 4 is 11.9 Å². The maximum atomic E-state index is 12.6. The maximum Gasteiger partial charge on any atom is 0.305 e. The van der Waals surface area contributed by atoms with Crippen LogP contribution in [-0.4, -0.2) is 25.2 Å². The number of carbonyl (C=O) groups excluding carboxylic acids is 2. The predicted octanol–water partition coefficient (Wildman–Crippen LogP) is 6.06. The van der Waals surface area contributed by atoms with Gasteiger partial charge in [-0.1, -0.05) is 72.8 Å². The van der Waals surface area contributed by atoms with Crippen LogP contribution in [0, 0.1) is 0 Å². The second kappa shape index (κ2) is 9.93. The van der Waals surface area contributed by atoms with Gasteiger partial charge in [-0.15, -0.1) is 0 Å². The zero-order valence-corrected chi connectivity index (χ0v) is 21.2. The summed E-state index contributed by atoms with van der Waals surface area (Å²) >= 11 is 0. The van der Waals surface area contributed by atoms with Crippen molar-refractivity contribution in [2.45, 2.75) is 63.2 Å². The van der Waals surface area contributed by atoms with Gasteiger partial charge < -0.3 is 9.47 Å². The van der Waals surface area contributed by atoms with Crippen LogP contribution in [0.15, 0.2) is 72.8 Å². The molecule has 2 aliphatic carbocycles. The highest BCUT2D eigenvalue weighted by Gasteiger charge is 2.51. The highest BCUT2D eigenvalue weighted by atomic mass is 16.5. The van der Waals surface area contributed by atoms with Gasteiger partial charge in [-0.05, 0) is 72.9 Å². The molecular formula is C32H34O4. The molecule has 0 aliphatic heterocycles. The van der Waals surface area contributed by atoms with E-state index in [9.17, 15) is 9.59 Å². The second-order valence-electron chi connectivity index (χ2n) is 9.99. The zero-order valence-electron chi connectivity index (χ0n) is 21.2. The standard InChI is InChI=1S/C32H34O4/c1-3-35-29(33)17-19-31-21-23-11-6-8-14-26(23)32(20-18-30(34)36-4-2,28-16-10-9-15-27(28)31)22-24-12-5-7-13-25(24)31/h5-16H,3-4,17-22H2,1-2H3. The molecule has 4 nitrogen and oxygen atoms in total. The molecule has 4 heteroatoms. The third-order valence-electron chi connectivity index (χ3n) is 8.13. The van der Waals surface area contributed by atoms with Crippen LogP contribution in [0.4, 0.5) is 0 Å². The largest absolute Gasteiger partial charge is 0.466 e. The van der Waals surface area contributed by atoms with Gasteiger partial charge in [0, 0.05) is 23.7 Å². The van der Waals surface area contributed by atoms with Crippen molar-refractivity contribution in [1.29, 1.82) is 0 Å². The molecule has 0 fully saturated rings. The van der Waals surface area contributed by atoms with Crippen LogP contribution in [0.1, 0.15) is 72.9 Å². The Labute approximate surface area is 213 Å². The van der Waals surface area contributed by atoms with Gasteiger partial charge in [-0.2, -0.15) is 0 Å². The van der Waals surface area contributed by atoms with E-state index in [-0.39, 0.29) is 22.8 Å². The summed E-state index contributed by atoms with van der Waals surface area (Å²) in [5, 5.41) is 0. The van der Waals surface area contributed by atoms with E-state index in [1.807, 2.05) is 13.8 Å². The summed E-state index contributed by atoms with van der Waals surface area (Å²) in [4.78, 5) is 25.3. The highest BCUT2D eigenvalue weighted by molar-refractivity contribution is 5.72. The van der Waals surface area contributed by atoms with Gasteiger partial charge in [0.25, 0.3) is 0 Å². The van der Waals surface area contributed by atoms with Gasteiger partial charge in [-0.3, -0.25) is 9.59 Å². The van der Waals surface area contributed by atoms with Crippen molar-refractivity contribution in [1.82, 2.24) is 0 Å². The van der Waals surface area contributed by atoms with Gasteiger partial charge in [0.2, 0.25) is 0 Å². The third kappa shape index (κ3) is 4.03. The summed E-state index contributed by atoms with van der Waals surface area (Å²) in [7, 11) is 0. The normalized spacial score (nSPS) is 21.4. The average Bonchev–Trinajstić information content (AvgIpc) is 3.06. The molecule has 2 atom stereocenters. The first-order valence-corrected chi connectivity index (χ1v) is 13.1. The Hall–Kier alpha value is -3.40. The molecule has 3 aromatic rings. The van der Waals surface area contributed by atoms with Crippen LogP contribution in [0.5, 0.6) is 0 Å². The van der Waals surface area contributed by atoms with Crippen LogP contribution in [0.2, 0.25) is 0 Å². The molecule has 36 heavy (non-hydrogen) atoms. The number of hydrogen-bond donors (Lipinski definition) is 0. The smallest absolute Gasteiger partial charge is 0.305 e. The maximum absolute atomic E-state index is 12.6. The number of rotatable bonds is 8. The van der Waals surface area contributed by atoms with Crippen molar-refractivity contribution in [3.63, 3.8) is 0 Å². The summed E-state index contributed by atoms with van der Waals surface area (Å²) in [5.74, 6) is -0.311. The Kier molecular flexibility index (Phi) is 6.70. The van der Waals surface area contributed by atoms with Crippen molar-refractivity contribution in [2.75, 3.05) is 13.2 Å². The van der Waals surface area contributed by atoms with Crippen molar-refractivity contribution in [3.05, 3.63) is 106 Å². The molecule has 2 unspecified atom stereocenters. The van der Waals surface area contributed by atoms with Crippen molar-refractivity contribution in [2.24, 2.45) is 0 Å². The molecular weight excluding hydrogens is 448 g/mol. The minimum absolute atomic E-state index is 0.155. The number of ether oxygens (including phenoxy) is 2. The first kappa shape index (κ1) is 24.3. The molecule has 0 saturated carbocycles. The number of esters is 2. The van der Waals surface area contributed by atoms with Crippen LogP contribution in [0.25, 0.3) is 0 Å². The molecule has 2 aliphatic rings. The highest BCUT2D eigenvalue weighted by Crippen LogP contribution is 2.56. The second-order valence-corrected chi connectivity index (χ2v) is 9.99. The van der Waals surface area contributed by atoms with Crippen molar-refractivity contribution in [3.8, 4) is 0 Å². The number of fused-ring (bicyclic) bond motifs is 4. The zero-order chi connectivity index (χ0) is 25.2. The monoisotopic (exact) mass is 482 g/mol. The number of carbonyl (C=O) groups is 2. The molecule has 0 amide bonds. The molecule has 2 bridgehead atoms. The Bertz CT molecular complexity index is 1180. The Morgan fingerprint density at radius 3 is 1.36 bits per heavy atom. The quantitative estimate of drug-likeness (QED) is 0.366. The fraction of sp³-hybridized carbons (Fsp3) is 0.375. The molecule has 0 heterocycles. The van der Waals surface area contributed by atoms with E-state index < -0.39 is 0 Å². The Morgan fingerprint density at radius 2 is 0.972 bits per heavy atom. The lowest BCUT2D eigenvalue weighted by atomic mass is 9.65. The molecule has 5 rings (SSSR count). The van der Waals surface area contributed by atoms with E-state index in [0.717, 1.165) is 12.8 Å². The summed E-state index contributed by atoms with van der Waals surface area (Å²) < 4.78 is 10.7. The summed E-state index contributed by atoms with van der Waals surface area (Å²) in [6.45, 7) is 4.48. The first-order chi connectivity index (χ1) is 17.5. The lowest BCUT2D eigenvalue weighted by Gasteiger charge is -2.38. The fourth-order valence-corrected chi connectivity index (χ4v) is 6.73. The average molecular weight is 483 g/mol.